The first-order valence-corrected chi connectivity index (χ1v) is 4.37. The van der Waals surface area contributed by atoms with Crippen molar-refractivity contribution >= 4 is 5.97 Å². The first-order valence-electron chi connectivity index (χ1n) is 4.37. The van der Waals surface area contributed by atoms with Gasteiger partial charge in [-0.25, -0.2) is 9.78 Å². The summed E-state index contributed by atoms with van der Waals surface area (Å²) in [6.45, 7) is 7.40. The van der Waals surface area contributed by atoms with Crippen LogP contribution in [0.2, 0.25) is 0 Å². The van der Waals surface area contributed by atoms with Gasteiger partial charge in [0.1, 0.15) is 0 Å². The van der Waals surface area contributed by atoms with Crippen LogP contribution in [0.3, 0.4) is 0 Å². The highest BCUT2D eigenvalue weighted by Crippen LogP contribution is 2.11. The van der Waals surface area contributed by atoms with E-state index in [2.05, 4.69) is 0 Å². The molecule has 0 aromatic carbocycles. The molecule has 0 bridgehead atoms. The molecule has 0 aliphatic rings. The molecular weight excluding hydrogens is 172 g/mol. The lowest BCUT2D eigenvalue weighted by Gasteiger charge is -2.20. The van der Waals surface area contributed by atoms with Crippen LogP contribution >= 0.6 is 0 Å². The lowest BCUT2D eigenvalue weighted by molar-refractivity contribution is -0.370. The Kier molecular flexibility index (Phi) is 4.95. The van der Waals surface area contributed by atoms with Crippen LogP contribution in [0, 0.1) is 0 Å². The molecule has 0 radical (unpaired) electrons. The third-order valence-electron chi connectivity index (χ3n) is 1.23. The van der Waals surface area contributed by atoms with E-state index in [1.54, 1.807) is 6.92 Å². The van der Waals surface area contributed by atoms with Gasteiger partial charge >= 0.3 is 5.97 Å². The van der Waals surface area contributed by atoms with Gasteiger partial charge in [-0.15, -0.1) is 0 Å². The second kappa shape index (κ2) is 5.19. The summed E-state index contributed by atoms with van der Waals surface area (Å²) >= 11 is 0. The molecule has 0 aliphatic heterocycles. The van der Waals surface area contributed by atoms with Gasteiger partial charge in [0, 0.05) is 6.42 Å². The van der Waals surface area contributed by atoms with E-state index in [-0.39, 0.29) is 18.1 Å². The average molecular weight is 190 g/mol. The highest BCUT2D eigenvalue weighted by Gasteiger charge is 2.14. The third kappa shape index (κ3) is 9.30. The molecule has 4 heteroatoms. The molecule has 0 amide bonds. The molecule has 0 aromatic heterocycles. The Morgan fingerprint density at radius 2 is 2.00 bits per heavy atom. The minimum absolute atomic E-state index is 0.106. The van der Waals surface area contributed by atoms with Crippen molar-refractivity contribution in [1.29, 1.82) is 0 Å². The number of carboxylic acids is 1. The van der Waals surface area contributed by atoms with E-state index in [9.17, 15) is 4.79 Å². The Morgan fingerprint density at radius 1 is 1.46 bits per heavy atom. The smallest absolute Gasteiger partial charge is 0.303 e. The van der Waals surface area contributed by atoms with Gasteiger partial charge in [-0.2, -0.15) is 0 Å². The largest absolute Gasteiger partial charge is 0.481 e. The van der Waals surface area contributed by atoms with E-state index in [1.165, 1.54) is 0 Å². The molecule has 13 heavy (non-hydrogen) atoms. The summed E-state index contributed by atoms with van der Waals surface area (Å²) in [7, 11) is 0. The van der Waals surface area contributed by atoms with Gasteiger partial charge < -0.3 is 5.11 Å². The van der Waals surface area contributed by atoms with Gasteiger partial charge in [0.15, 0.2) is 0 Å². The van der Waals surface area contributed by atoms with Crippen molar-refractivity contribution < 1.29 is 19.7 Å². The summed E-state index contributed by atoms with van der Waals surface area (Å²) in [5, 5.41) is 8.39. The molecule has 4 nitrogen and oxygen atoms in total. The normalized spacial score (nSPS) is 14.2. The molecule has 1 atom stereocenters. The second-order valence-corrected chi connectivity index (χ2v) is 4.03. The molecule has 0 spiro atoms. The highest BCUT2D eigenvalue weighted by atomic mass is 17.2. The molecule has 0 rings (SSSR count). The molecule has 0 saturated heterocycles. The van der Waals surface area contributed by atoms with Crippen LogP contribution in [-0.2, 0) is 14.6 Å². The number of hydrogen-bond acceptors (Lipinski definition) is 3. The fourth-order valence-electron chi connectivity index (χ4n) is 0.601. The van der Waals surface area contributed by atoms with Gasteiger partial charge in [0.2, 0.25) is 0 Å². The van der Waals surface area contributed by atoms with Gasteiger partial charge in [0.05, 0.1) is 11.7 Å². The summed E-state index contributed by atoms with van der Waals surface area (Å²) in [6.07, 6.45) is 0.385. The highest BCUT2D eigenvalue weighted by molar-refractivity contribution is 5.66. The molecule has 0 fully saturated rings. The molecule has 1 N–H and O–H groups in total. The van der Waals surface area contributed by atoms with E-state index in [0.29, 0.717) is 6.42 Å². The molecular formula is C9H18O4. The predicted molar refractivity (Wildman–Crippen MR) is 48.3 cm³/mol. The Labute approximate surface area is 78.8 Å². The van der Waals surface area contributed by atoms with Gasteiger partial charge in [-0.1, -0.05) is 0 Å². The molecule has 0 aliphatic carbocycles. The predicted octanol–water partition coefficient (Wildman–Crippen LogP) is 1.99. The first kappa shape index (κ1) is 12.4. The van der Waals surface area contributed by atoms with Crippen molar-refractivity contribution in [3.05, 3.63) is 0 Å². The summed E-state index contributed by atoms with van der Waals surface area (Å²) in [6, 6.07) is 0. The van der Waals surface area contributed by atoms with Crippen molar-refractivity contribution in [1.82, 2.24) is 0 Å². The van der Waals surface area contributed by atoms with E-state index in [0.717, 1.165) is 0 Å². The zero-order chi connectivity index (χ0) is 10.5. The minimum Gasteiger partial charge on any atom is -0.481 e. The number of rotatable bonds is 5. The van der Waals surface area contributed by atoms with E-state index >= 15 is 0 Å². The van der Waals surface area contributed by atoms with Crippen LogP contribution in [0.4, 0.5) is 0 Å². The minimum atomic E-state index is -0.814. The van der Waals surface area contributed by atoms with E-state index in [4.69, 9.17) is 14.9 Å². The number of aliphatic carboxylic acids is 1. The second-order valence-electron chi connectivity index (χ2n) is 4.03. The Hall–Kier alpha value is -0.610. The molecule has 78 valence electrons. The summed E-state index contributed by atoms with van der Waals surface area (Å²) in [5.41, 5.74) is -0.350. The van der Waals surface area contributed by atoms with Gasteiger partial charge in [-0.05, 0) is 34.1 Å². The van der Waals surface area contributed by atoms with E-state index < -0.39 is 5.97 Å². The van der Waals surface area contributed by atoms with Crippen LogP contribution < -0.4 is 0 Å². The topological polar surface area (TPSA) is 55.8 Å². The van der Waals surface area contributed by atoms with E-state index in [1.807, 2.05) is 20.8 Å². The van der Waals surface area contributed by atoms with Gasteiger partial charge in [-0.3, -0.25) is 4.79 Å². The monoisotopic (exact) mass is 190 g/mol. The fraction of sp³-hybridized carbons (Fsp3) is 0.889. The lowest BCUT2D eigenvalue weighted by Crippen LogP contribution is -2.23. The zero-order valence-corrected chi connectivity index (χ0v) is 8.66. The average Bonchev–Trinajstić information content (AvgIpc) is 1.95. The standard InChI is InChI=1S/C9H18O4/c1-7(5-6-8(10)11)12-13-9(2,3)4/h7H,5-6H2,1-4H3,(H,10,11). The van der Waals surface area contributed by atoms with Crippen LogP contribution in [0.15, 0.2) is 0 Å². The summed E-state index contributed by atoms with van der Waals surface area (Å²) in [4.78, 5) is 20.2. The zero-order valence-electron chi connectivity index (χ0n) is 8.66. The fourth-order valence-corrected chi connectivity index (χ4v) is 0.601. The molecule has 0 aromatic rings. The van der Waals surface area contributed by atoms with Crippen molar-refractivity contribution in [2.45, 2.75) is 52.2 Å². The molecule has 1 unspecified atom stereocenters. The van der Waals surface area contributed by atoms with Crippen LogP contribution in [-0.4, -0.2) is 22.8 Å². The number of hydrogen-bond donors (Lipinski definition) is 1. The van der Waals surface area contributed by atoms with Crippen molar-refractivity contribution in [2.24, 2.45) is 0 Å². The molecule has 0 heterocycles. The lowest BCUT2D eigenvalue weighted by atomic mass is 10.2. The Bertz CT molecular complexity index is 159. The molecule has 0 saturated carbocycles. The van der Waals surface area contributed by atoms with Gasteiger partial charge in [0.25, 0.3) is 0 Å². The third-order valence-corrected chi connectivity index (χ3v) is 1.23. The quantitative estimate of drug-likeness (QED) is 0.532. The SMILES string of the molecule is CC(CCC(=O)O)OOC(C)(C)C. The maximum Gasteiger partial charge on any atom is 0.303 e. The Balaban J connectivity index is 3.52. The first-order chi connectivity index (χ1) is 5.81. The Morgan fingerprint density at radius 3 is 2.38 bits per heavy atom. The summed E-state index contributed by atoms with van der Waals surface area (Å²) in [5.74, 6) is -0.814. The van der Waals surface area contributed by atoms with Crippen LogP contribution in [0.25, 0.3) is 0 Å². The maximum atomic E-state index is 10.2. The van der Waals surface area contributed by atoms with Crippen molar-refractivity contribution in [2.75, 3.05) is 0 Å². The van der Waals surface area contributed by atoms with Crippen molar-refractivity contribution in [3.8, 4) is 0 Å². The number of carboxylic acid groups (broad SMARTS) is 1. The van der Waals surface area contributed by atoms with Crippen molar-refractivity contribution in [3.63, 3.8) is 0 Å². The van der Waals surface area contributed by atoms with Crippen LogP contribution in [0.5, 0.6) is 0 Å². The van der Waals surface area contributed by atoms with Crippen LogP contribution in [0.1, 0.15) is 40.5 Å². The maximum absolute atomic E-state index is 10.2. The summed E-state index contributed by atoms with van der Waals surface area (Å²) < 4.78 is 0. The number of carbonyl (C=O) groups is 1.